The number of rotatable bonds is 8. The van der Waals surface area contributed by atoms with Crippen LogP contribution in [0.5, 0.6) is 0 Å². The third kappa shape index (κ3) is 6.19. The fourth-order valence-electron chi connectivity index (χ4n) is 4.95. The van der Waals surface area contributed by atoms with Gasteiger partial charge in [-0.15, -0.1) is 11.3 Å². The molecule has 216 valence electrons. The Bertz CT molecular complexity index is 1740. The number of anilines is 1. The van der Waals surface area contributed by atoms with Gasteiger partial charge in [0.25, 0.3) is 0 Å². The van der Waals surface area contributed by atoms with Gasteiger partial charge in [0.05, 0.1) is 21.5 Å². The van der Waals surface area contributed by atoms with Crippen LogP contribution < -0.4 is 4.90 Å². The summed E-state index contributed by atoms with van der Waals surface area (Å²) < 4.78 is 7.03. The lowest BCUT2D eigenvalue weighted by atomic mass is 9.91. The van der Waals surface area contributed by atoms with Crippen molar-refractivity contribution in [3.63, 3.8) is 0 Å². The molecule has 0 spiro atoms. The second kappa shape index (κ2) is 11.8. The summed E-state index contributed by atoms with van der Waals surface area (Å²) in [7, 11) is 2.07. The Hall–Kier alpha value is -3.78. The molecule has 5 aromatic rings. The van der Waals surface area contributed by atoms with Crippen molar-refractivity contribution in [3.8, 4) is 33.0 Å². The summed E-state index contributed by atoms with van der Waals surface area (Å²) in [6.07, 6.45) is 0.643. The molecule has 0 aliphatic heterocycles. The molecule has 8 heteroatoms. The molecule has 0 aliphatic carbocycles. The third-order valence-electron chi connectivity index (χ3n) is 7.10. The van der Waals surface area contributed by atoms with Gasteiger partial charge < -0.3 is 14.7 Å². The molecule has 0 radical (unpaired) electrons. The van der Waals surface area contributed by atoms with Crippen LogP contribution in [-0.4, -0.2) is 40.2 Å². The number of hydrogen-bond donors (Lipinski definition) is 1. The Balaban J connectivity index is 1.67. The highest BCUT2D eigenvalue weighted by atomic mass is 35.5. The molecule has 2 heterocycles. The van der Waals surface area contributed by atoms with Crippen molar-refractivity contribution >= 4 is 44.8 Å². The van der Waals surface area contributed by atoms with Gasteiger partial charge in [-0.2, -0.15) is 0 Å². The number of aromatic nitrogens is 2. The first-order chi connectivity index (χ1) is 19.9. The lowest BCUT2D eigenvalue weighted by Gasteiger charge is -2.28. The van der Waals surface area contributed by atoms with E-state index in [0.29, 0.717) is 10.6 Å². The molecular weight excluding hydrogens is 566 g/mol. The fourth-order valence-corrected chi connectivity index (χ4v) is 6.20. The minimum atomic E-state index is -1.16. The molecule has 0 amide bonds. The number of halogens is 1. The quantitative estimate of drug-likeness (QED) is 0.192. The Morgan fingerprint density at radius 1 is 1.02 bits per heavy atom. The number of fused-ring (bicyclic) bond motifs is 1. The summed E-state index contributed by atoms with van der Waals surface area (Å²) in [5, 5.41) is 11.7. The number of ether oxygens (including phenoxy) is 1. The van der Waals surface area contributed by atoms with Gasteiger partial charge in [-0.25, -0.2) is 9.78 Å². The van der Waals surface area contributed by atoms with E-state index in [1.807, 2.05) is 64.1 Å². The van der Waals surface area contributed by atoms with Crippen LogP contribution in [0.15, 0.2) is 72.9 Å². The maximum absolute atomic E-state index is 12.6. The van der Waals surface area contributed by atoms with Crippen molar-refractivity contribution in [2.24, 2.45) is 0 Å². The minimum absolute atomic E-state index is 0.605. The van der Waals surface area contributed by atoms with Gasteiger partial charge in [-0.05, 0) is 88.2 Å². The molecule has 0 bridgehead atoms. The molecular formula is C34H34ClN3O3S. The van der Waals surface area contributed by atoms with Crippen LogP contribution in [0.25, 0.3) is 43.2 Å². The van der Waals surface area contributed by atoms with E-state index in [1.165, 1.54) is 11.3 Å². The largest absolute Gasteiger partial charge is 0.479 e. The topological polar surface area (TPSA) is 75.6 Å². The predicted octanol–water partition coefficient (Wildman–Crippen LogP) is 9.05. The monoisotopic (exact) mass is 599 g/mol. The van der Waals surface area contributed by atoms with Crippen molar-refractivity contribution in [1.82, 2.24) is 9.97 Å². The maximum atomic E-state index is 12.6. The summed E-state index contributed by atoms with van der Waals surface area (Å²) >= 11 is 7.76. The van der Waals surface area contributed by atoms with E-state index in [1.54, 1.807) is 6.20 Å². The van der Waals surface area contributed by atoms with Crippen molar-refractivity contribution < 1.29 is 14.6 Å². The Morgan fingerprint density at radius 3 is 2.31 bits per heavy atom. The van der Waals surface area contributed by atoms with Gasteiger partial charge in [0.2, 0.25) is 0 Å². The number of carboxylic acid groups (broad SMARTS) is 1. The summed E-state index contributed by atoms with van der Waals surface area (Å²) in [5.41, 5.74) is 7.18. The number of thiazole rings is 1. The Morgan fingerprint density at radius 2 is 1.69 bits per heavy atom. The second-order valence-corrected chi connectivity index (χ2v) is 12.7. The zero-order valence-electron chi connectivity index (χ0n) is 24.6. The first kappa shape index (κ1) is 29.7. The lowest BCUT2D eigenvalue weighted by Crippen LogP contribution is -2.28. The molecule has 1 N–H and O–H groups in total. The van der Waals surface area contributed by atoms with E-state index in [-0.39, 0.29) is 0 Å². The van der Waals surface area contributed by atoms with Crippen LogP contribution >= 0.6 is 22.9 Å². The van der Waals surface area contributed by atoms with E-state index in [0.717, 1.165) is 61.0 Å². The van der Waals surface area contributed by atoms with E-state index in [2.05, 4.69) is 54.2 Å². The highest BCUT2D eigenvalue weighted by molar-refractivity contribution is 7.22. The van der Waals surface area contributed by atoms with Crippen molar-refractivity contribution in [3.05, 3.63) is 89.1 Å². The van der Waals surface area contributed by atoms with Gasteiger partial charge in [0.1, 0.15) is 5.01 Å². The van der Waals surface area contributed by atoms with Crippen molar-refractivity contribution in [2.75, 3.05) is 18.5 Å². The summed E-state index contributed by atoms with van der Waals surface area (Å²) in [6.45, 7) is 10.6. The minimum Gasteiger partial charge on any atom is -0.479 e. The Kier molecular flexibility index (Phi) is 8.37. The average Bonchev–Trinajstić information content (AvgIpc) is 3.39. The average molecular weight is 600 g/mol. The third-order valence-corrected chi connectivity index (χ3v) is 8.49. The van der Waals surface area contributed by atoms with Crippen LogP contribution in [0.3, 0.4) is 0 Å². The van der Waals surface area contributed by atoms with Gasteiger partial charge in [0, 0.05) is 52.8 Å². The molecule has 0 saturated carbocycles. The van der Waals surface area contributed by atoms with Crippen molar-refractivity contribution in [2.45, 2.75) is 46.3 Å². The second-order valence-electron chi connectivity index (χ2n) is 11.3. The summed E-state index contributed by atoms with van der Waals surface area (Å²) in [4.78, 5) is 24.4. The number of carboxylic acids is 1. The van der Waals surface area contributed by atoms with E-state index in [4.69, 9.17) is 21.3 Å². The summed E-state index contributed by atoms with van der Waals surface area (Å²) in [6, 6.07) is 21.8. The van der Waals surface area contributed by atoms with E-state index < -0.39 is 17.7 Å². The van der Waals surface area contributed by atoms with E-state index >= 15 is 0 Å². The molecule has 3 aromatic carbocycles. The fraction of sp³-hybridized carbons (Fsp3) is 0.265. The smallest absolute Gasteiger partial charge is 0.337 e. The number of carbonyl (C=O) groups is 1. The van der Waals surface area contributed by atoms with Crippen molar-refractivity contribution in [1.29, 1.82) is 0 Å². The maximum Gasteiger partial charge on any atom is 0.337 e. The molecule has 42 heavy (non-hydrogen) atoms. The first-order valence-corrected chi connectivity index (χ1v) is 15.0. The molecule has 0 unspecified atom stereocenters. The van der Waals surface area contributed by atoms with Crippen LogP contribution in [0, 0.1) is 6.92 Å². The first-order valence-electron chi connectivity index (χ1n) is 13.8. The Labute approximate surface area is 255 Å². The lowest BCUT2D eigenvalue weighted by molar-refractivity contribution is -0.160. The number of hydrogen-bond acceptors (Lipinski definition) is 6. The normalized spacial score (nSPS) is 12.5. The molecule has 6 nitrogen and oxygen atoms in total. The molecule has 0 fully saturated rings. The zero-order chi connectivity index (χ0) is 30.2. The number of benzene rings is 3. The van der Waals surface area contributed by atoms with Crippen LogP contribution in [-0.2, 0) is 9.53 Å². The van der Waals surface area contributed by atoms with Gasteiger partial charge in [-0.3, -0.25) is 4.98 Å². The number of nitrogens with zero attached hydrogens (tertiary/aromatic N) is 3. The summed E-state index contributed by atoms with van der Waals surface area (Å²) in [5.74, 6) is -1.04. The molecule has 5 rings (SSSR count). The van der Waals surface area contributed by atoms with Crippen LogP contribution in [0.2, 0.25) is 5.02 Å². The SMILES string of the molecule is CCN(C)c1ccc(-c2cc(-c3nc4cc(C)c([C@H](OC(C)(C)C)C(=O)O)c(-c5ccc(Cl)cc5)c4s3)ccn2)cc1. The molecule has 0 saturated heterocycles. The molecule has 1 atom stereocenters. The highest BCUT2D eigenvalue weighted by Gasteiger charge is 2.32. The molecule has 0 aliphatic rings. The predicted molar refractivity (Wildman–Crippen MR) is 174 cm³/mol. The van der Waals surface area contributed by atoms with E-state index in [9.17, 15) is 9.90 Å². The van der Waals surface area contributed by atoms with Gasteiger partial charge in [0.15, 0.2) is 6.10 Å². The van der Waals surface area contributed by atoms with Crippen LogP contribution in [0.4, 0.5) is 5.69 Å². The number of aryl methyl sites for hydroxylation is 1. The number of pyridine rings is 1. The van der Waals surface area contributed by atoms with Gasteiger partial charge >= 0.3 is 5.97 Å². The molecule has 2 aromatic heterocycles. The number of aliphatic carboxylic acids is 1. The highest BCUT2D eigenvalue weighted by Crippen LogP contribution is 2.44. The van der Waals surface area contributed by atoms with Gasteiger partial charge in [-0.1, -0.05) is 35.9 Å². The standard InChI is InChI=1S/C34H34ClN3O3S/c1-7-38(6)25-14-10-21(11-15-25)26-19-23(16-17-36-26)32-37-27-18-20(2)28(30(33(39)40)41-34(3,4)5)29(31(27)42-32)22-8-12-24(35)13-9-22/h8-19,30H,7H2,1-6H3,(H,39,40)/t30-/m0/s1. The van der Waals surface area contributed by atoms with Crippen LogP contribution in [0.1, 0.15) is 44.9 Å². The zero-order valence-corrected chi connectivity index (χ0v) is 26.2.